The highest BCUT2D eigenvalue weighted by Crippen LogP contribution is 2.18. The SMILES string of the molecule is CSc1cccc(NC(=O)CN(CCO)CCc2ccccc2)c1. The molecule has 0 spiro atoms. The van der Waals surface area contributed by atoms with Crippen molar-refractivity contribution in [1.82, 2.24) is 4.90 Å². The van der Waals surface area contributed by atoms with Gasteiger partial charge in [-0.1, -0.05) is 36.4 Å². The number of aliphatic hydroxyl groups is 1. The van der Waals surface area contributed by atoms with Gasteiger partial charge in [0, 0.05) is 23.7 Å². The number of hydrogen-bond acceptors (Lipinski definition) is 4. The third-order valence-electron chi connectivity index (χ3n) is 3.70. The summed E-state index contributed by atoms with van der Waals surface area (Å²) in [6, 6.07) is 18.0. The maximum atomic E-state index is 12.3. The minimum atomic E-state index is -0.0604. The van der Waals surface area contributed by atoms with Crippen molar-refractivity contribution in [2.75, 3.05) is 37.8 Å². The second-order valence-electron chi connectivity index (χ2n) is 5.52. The fraction of sp³-hybridized carbons (Fsp3) is 0.316. The zero-order chi connectivity index (χ0) is 17.2. The molecule has 2 N–H and O–H groups in total. The maximum Gasteiger partial charge on any atom is 0.238 e. The summed E-state index contributed by atoms with van der Waals surface area (Å²) in [6.07, 6.45) is 2.86. The molecule has 1 amide bonds. The summed E-state index contributed by atoms with van der Waals surface area (Å²) in [5, 5.41) is 12.2. The number of nitrogens with one attached hydrogen (secondary N) is 1. The lowest BCUT2D eigenvalue weighted by molar-refractivity contribution is -0.117. The number of benzene rings is 2. The second-order valence-corrected chi connectivity index (χ2v) is 6.40. The van der Waals surface area contributed by atoms with Crippen LogP contribution in [0, 0.1) is 0 Å². The lowest BCUT2D eigenvalue weighted by Crippen LogP contribution is -2.36. The van der Waals surface area contributed by atoms with Gasteiger partial charge >= 0.3 is 0 Å². The molecule has 0 fully saturated rings. The van der Waals surface area contributed by atoms with Gasteiger partial charge in [0.2, 0.25) is 5.91 Å². The molecule has 2 aromatic rings. The van der Waals surface area contributed by atoms with E-state index in [-0.39, 0.29) is 19.1 Å². The smallest absolute Gasteiger partial charge is 0.238 e. The van der Waals surface area contributed by atoms with E-state index >= 15 is 0 Å². The molecule has 0 saturated heterocycles. The fourth-order valence-corrected chi connectivity index (χ4v) is 2.91. The second kappa shape index (κ2) is 10.1. The molecule has 0 aromatic heterocycles. The van der Waals surface area contributed by atoms with Crippen molar-refractivity contribution < 1.29 is 9.90 Å². The van der Waals surface area contributed by atoms with Crippen molar-refractivity contribution in [1.29, 1.82) is 0 Å². The van der Waals surface area contributed by atoms with Gasteiger partial charge in [0.1, 0.15) is 0 Å². The van der Waals surface area contributed by atoms with Crippen molar-refractivity contribution in [2.24, 2.45) is 0 Å². The van der Waals surface area contributed by atoms with Gasteiger partial charge in [-0.25, -0.2) is 0 Å². The molecule has 0 saturated carbocycles. The van der Waals surface area contributed by atoms with Gasteiger partial charge in [0.15, 0.2) is 0 Å². The number of nitrogens with zero attached hydrogens (tertiary/aromatic N) is 1. The fourth-order valence-electron chi connectivity index (χ4n) is 2.45. The van der Waals surface area contributed by atoms with E-state index in [2.05, 4.69) is 17.4 Å². The van der Waals surface area contributed by atoms with Gasteiger partial charge in [0.05, 0.1) is 13.2 Å². The number of anilines is 1. The third kappa shape index (κ3) is 6.35. The lowest BCUT2D eigenvalue weighted by atomic mass is 10.1. The first-order chi connectivity index (χ1) is 11.7. The van der Waals surface area contributed by atoms with Crippen molar-refractivity contribution in [3.63, 3.8) is 0 Å². The number of carbonyl (C=O) groups excluding carboxylic acids is 1. The first-order valence-corrected chi connectivity index (χ1v) is 9.25. The number of thioether (sulfide) groups is 1. The topological polar surface area (TPSA) is 52.6 Å². The number of rotatable bonds is 9. The molecule has 0 aliphatic heterocycles. The van der Waals surface area contributed by atoms with E-state index in [1.165, 1.54) is 5.56 Å². The van der Waals surface area contributed by atoms with Gasteiger partial charge in [0.25, 0.3) is 0 Å². The lowest BCUT2D eigenvalue weighted by Gasteiger charge is -2.20. The molecule has 0 radical (unpaired) electrons. The van der Waals surface area contributed by atoms with Crippen molar-refractivity contribution in [2.45, 2.75) is 11.3 Å². The van der Waals surface area contributed by atoms with Gasteiger partial charge in [-0.3, -0.25) is 9.69 Å². The van der Waals surface area contributed by atoms with Crippen LogP contribution in [0.15, 0.2) is 59.5 Å². The highest BCUT2D eigenvalue weighted by Gasteiger charge is 2.11. The number of hydrogen-bond donors (Lipinski definition) is 2. The first kappa shape index (κ1) is 18.5. The number of carbonyl (C=O) groups is 1. The van der Waals surface area contributed by atoms with Crippen LogP contribution in [0.3, 0.4) is 0 Å². The van der Waals surface area contributed by atoms with Crippen molar-refractivity contribution in [3.05, 3.63) is 60.2 Å². The zero-order valence-electron chi connectivity index (χ0n) is 13.9. The van der Waals surface area contributed by atoms with Crippen molar-refractivity contribution >= 4 is 23.4 Å². The summed E-state index contributed by atoms with van der Waals surface area (Å²) in [5.74, 6) is -0.0604. The molecule has 2 aromatic carbocycles. The number of amides is 1. The quantitative estimate of drug-likeness (QED) is 0.687. The molecule has 0 atom stereocenters. The summed E-state index contributed by atoms with van der Waals surface area (Å²) < 4.78 is 0. The molecule has 0 heterocycles. The molecular weight excluding hydrogens is 320 g/mol. The van der Waals surface area contributed by atoms with Crippen molar-refractivity contribution in [3.8, 4) is 0 Å². The van der Waals surface area contributed by atoms with E-state index in [9.17, 15) is 9.90 Å². The molecule has 24 heavy (non-hydrogen) atoms. The van der Waals surface area contributed by atoms with Crippen LogP contribution in [0.25, 0.3) is 0 Å². The van der Waals surface area contributed by atoms with E-state index in [0.29, 0.717) is 6.54 Å². The molecule has 4 nitrogen and oxygen atoms in total. The van der Waals surface area contributed by atoms with E-state index in [4.69, 9.17) is 0 Å². The van der Waals surface area contributed by atoms with Gasteiger partial charge in [-0.05, 0) is 36.4 Å². The predicted molar refractivity (Wildman–Crippen MR) is 101 cm³/mol. The van der Waals surface area contributed by atoms with Crippen LogP contribution in [0.5, 0.6) is 0 Å². The highest BCUT2D eigenvalue weighted by atomic mass is 32.2. The summed E-state index contributed by atoms with van der Waals surface area (Å²) in [6.45, 7) is 1.55. The summed E-state index contributed by atoms with van der Waals surface area (Å²) in [4.78, 5) is 15.4. The van der Waals surface area contributed by atoms with Gasteiger partial charge in [-0.15, -0.1) is 11.8 Å². The molecule has 5 heteroatoms. The van der Waals surface area contributed by atoms with E-state index in [0.717, 1.165) is 23.5 Å². The number of aliphatic hydroxyl groups excluding tert-OH is 1. The Morgan fingerprint density at radius 1 is 1.12 bits per heavy atom. The zero-order valence-corrected chi connectivity index (χ0v) is 14.8. The Morgan fingerprint density at radius 2 is 1.92 bits per heavy atom. The Kier molecular flexibility index (Phi) is 7.82. The Morgan fingerprint density at radius 3 is 2.62 bits per heavy atom. The van der Waals surface area contributed by atoms with E-state index in [1.54, 1.807) is 11.8 Å². The van der Waals surface area contributed by atoms with Crippen LogP contribution in [-0.4, -0.2) is 48.4 Å². The Labute approximate surface area is 147 Å². The molecule has 0 aliphatic rings. The van der Waals surface area contributed by atoms with Gasteiger partial charge < -0.3 is 10.4 Å². The molecule has 128 valence electrons. The Balaban J connectivity index is 1.87. The summed E-state index contributed by atoms with van der Waals surface area (Å²) in [5.41, 5.74) is 2.03. The Bertz CT molecular complexity index is 634. The average Bonchev–Trinajstić information content (AvgIpc) is 2.61. The van der Waals surface area contributed by atoms with Crippen LogP contribution in [0.4, 0.5) is 5.69 Å². The van der Waals surface area contributed by atoms with E-state index in [1.807, 2.05) is 53.6 Å². The maximum absolute atomic E-state index is 12.3. The standard InChI is InChI=1S/C19H24N2O2S/c1-24-18-9-5-8-17(14-18)20-19(23)15-21(12-13-22)11-10-16-6-3-2-4-7-16/h2-9,14,22H,10-13,15H2,1H3,(H,20,23). The Hall–Kier alpha value is -1.82. The minimum Gasteiger partial charge on any atom is -0.395 e. The van der Waals surface area contributed by atoms with Crippen LogP contribution in [-0.2, 0) is 11.2 Å². The third-order valence-corrected chi connectivity index (χ3v) is 4.42. The average molecular weight is 344 g/mol. The highest BCUT2D eigenvalue weighted by molar-refractivity contribution is 7.98. The van der Waals surface area contributed by atoms with Crippen LogP contribution in [0.2, 0.25) is 0 Å². The monoisotopic (exact) mass is 344 g/mol. The molecule has 0 aliphatic carbocycles. The van der Waals surface area contributed by atoms with E-state index < -0.39 is 0 Å². The molecule has 0 bridgehead atoms. The van der Waals surface area contributed by atoms with Crippen LogP contribution in [0.1, 0.15) is 5.56 Å². The predicted octanol–water partition coefficient (Wildman–Crippen LogP) is 2.88. The first-order valence-electron chi connectivity index (χ1n) is 8.02. The molecule has 0 unspecified atom stereocenters. The molecular formula is C19H24N2O2S. The summed E-state index contributed by atoms with van der Waals surface area (Å²) >= 11 is 1.64. The largest absolute Gasteiger partial charge is 0.395 e. The van der Waals surface area contributed by atoms with Crippen LogP contribution >= 0.6 is 11.8 Å². The minimum absolute atomic E-state index is 0.0457. The normalized spacial score (nSPS) is 10.8. The summed E-state index contributed by atoms with van der Waals surface area (Å²) in [7, 11) is 0. The molecule has 2 rings (SSSR count). The van der Waals surface area contributed by atoms with Crippen LogP contribution < -0.4 is 5.32 Å². The van der Waals surface area contributed by atoms with Gasteiger partial charge in [-0.2, -0.15) is 0 Å².